The van der Waals surface area contributed by atoms with E-state index >= 15 is 0 Å². The van der Waals surface area contributed by atoms with Crippen molar-refractivity contribution in [1.29, 1.82) is 0 Å². The first-order valence-electron chi connectivity index (χ1n) is 9.07. The van der Waals surface area contributed by atoms with Crippen LogP contribution in [0.4, 0.5) is 15.8 Å². The number of nitrogens with zero attached hydrogens (tertiary/aromatic N) is 4. The molecule has 0 unspecified atom stereocenters. The summed E-state index contributed by atoms with van der Waals surface area (Å²) >= 11 is 0. The van der Waals surface area contributed by atoms with Crippen molar-refractivity contribution >= 4 is 23.8 Å². The molecule has 142 valence electrons. The zero-order valence-corrected chi connectivity index (χ0v) is 15.6. The standard InChI is InChI=1S/C20H25FN6/c1-15-12-24-14-19(20(15)27-9-7-23-8-10-27)26-13-16-3-4-18(17(21)11-16)25-6-5-22-2/h3,5-6,11-12,14,23,26H,2,4,7-10,13H2,1H3/b6-5-,25-18?. The molecule has 2 heterocycles. The number of hydrogen-bond donors (Lipinski definition) is 2. The summed E-state index contributed by atoms with van der Waals surface area (Å²) in [6.07, 6.45) is 10.6. The zero-order chi connectivity index (χ0) is 19.1. The number of piperazine rings is 1. The normalized spacial score (nSPS) is 19.2. The topological polar surface area (TPSA) is 64.9 Å². The minimum atomic E-state index is -0.312. The van der Waals surface area contributed by atoms with Gasteiger partial charge in [-0.25, -0.2) is 4.39 Å². The number of pyridine rings is 1. The average molecular weight is 368 g/mol. The van der Waals surface area contributed by atoms with Crippen LogP contribution in [0.3, 0.4) is 0 Å². The van der Waals surface area contributed by atoms with Crippen LogP contribution in [0.25, 0.3) is 0 Å². The molecule has 6 nitrogen and oxygen atoms in total. The quantitative estimate of drug-likeness (QED) is 0.758. The summed E-state index contributed by atoms with van der Waals surface area (Å²) in [4.78, 5) is 14.3. The number of anilines is 2. The fourth-order valence-corrected chi connectivity index (χ4v) is 3.23. The SMILES string of the molecule is C=N/C=C\N=C1CC=C(CNc2cncc(C)c2N2CCNCC2)C=C1F. The smallest absolute Gasteiger partial charge is 0.145 e. The number of aliphatic imine (C=N–C) groups is 2. The molecular weight excluding hydrogens is 343 g/mol. The van der Waals surface area contributed by atoms with Crippen LogP contribution < -0.4 is 15.5 Å². The van der Waals surface area contributed by atoms with E-state index in [1.165, 1.54) is 24.2 Å². The van der Waals surface area contributed by atoms with E-state index < -0.39 is 0 Å². The number of halogens is 1. The maximum absolute atomic E-state index is 14.2. The number of nitrogens with one attached hydrogen (secondary N) is 2. The van der Waals surface area contributed by atoms with E-state index in [9.17, 15) is 4.39 Å². The monoisotopic (exact) mass is 368 g/mol. The predicted molar refractivity (Wildman–Crippen MR) is 111 cm³/mol. The first-order chi connectivity index (χ1) is 13.2. The number of rotatable bonds is 6. The highest BCUT2D eigenvalue weighted by molar-refractivity contribution is 6.01. The lowest BCUT2D eigenvalue weighted by Gasteiger charge is -2.32. The van der Waals surface area contributed by atoms with Crippen molar-refractivity contribution in [3.05, 3.63) is 53.9 Å². The van der Waals surface area contributed by atoms with Crippen molar-refractivity contribution in [3.8, 4) is 0 Å². The van der Waals surface area contributed by atoms with Crippen molar-refractivity contribution in [3.63, 3.8) is 0 Å². The number of aromatic nitrogens is 1. The van der Waals surface area contributed by atoms with Gasteiger partial charge in [0.2, 0.25) is 0 Å². The summed E-state index contributed by atoms with van der Waals surface area (Å²) in [6.45, 7) is 9.80. The highest BCUT2D eigenvalue weighted by Gasteiger charge is 2.17. The van der Waals surface area contributed by atoms with Gasteiger partial charge in [-0.15, -0.1) is 0 Å². The Bertz CT molecular complexity index is 803. The highest BCUT2D eigenvalue weighted by atomic mass is 19.1. The third kappa shape index (κ3) is 4.89. The molecule has 1 fully saturated rings. The van der Waals surface area contributed by atoms with Gasteiger partial charge in [-0.2, -0.15) is 0 Å². The van der Waals surface area contributed by atoms with Gasteiger partial charge in [0.15, 0.2) is 0 Å². The van der Waals surface area contributed by atoms with E-state index in [0.717, 1.165) is 43.0 Å². The molecule has 0 aromatic carbocycles. The molecule has 0 amide bonds. The van der Waals surface area contributed by atoms with Crippen LogP contribution in [0.1, 0.15) is 12.0 Å². The zero-order valence-electron chi connectivity index (χ0n) is 15.6. The third-order valence-electron chi connectivity index (χ3n) is 4.56. The molecule has 2 N–H and O–H groups in total. The first-order valence-corrected chi connectivity index (χ1v) is 9.07. The second-order valence-electron chi connectivity index (χ2n) is 6.48. The predicted octanol–water partition coefficient (Wildman–Crippen LogP) is 3.01. The van der Waals surface area contributed by atoms with Gasteiger partial charge in [-0.1, -0.05) is 6.08 Å². The minimum absolute atomic E-state index is 0.312. The number of allylic oxidation sites excluding steroid dienone is 2. The molecule has 7 heteroatoms. The summed E-state index contributed by atoms with van der Waals surface area (Å²) in [5.41, 5.74) is 4.59. The summed E-state index contributed by atoms with van der Waals surface area (Å²) in [5, 5.41) is 6.80. The molecule has 0 spiro atoms. The Kier molecular flexibility index (Phi) is 6.49. The van der Waals surface area contributed by atoms with Gasteiger partial charge >= 0.3 is 0 Å². The molecule has 3 rings (SSSR count). The van der Waals surface area contributed by atoms with Gasteiger partial charge < -0.3 is 15.5 Å². The van der Waals surface area contributed by atoms with Crippen molar-refractivity contribution in [2.45, 2.75) is 13.3 Å². The Morgan fingerprint density at radius 1 is 1.33 bits per heavy atom. The van der Waals surface area contributed by atoms with Crippen LogP contribution in [0.15, 0.2) is 58.3 Å². The third-order valence-corrected chi connectivity index (χ3v) is 4.56. The lowest BCUT2D eigenvalue weighted by Crippen LogP contribution is -2.44. The minimum Gasteiger partial charge on any atom is -0.378 e. The lowest BCUT2D eigenvalue weighted by molar-refractivity contribution is 0.588. The largest absolute Gasteiger partial charge is 0.378 e. The van der Waals surface area contributed by atoms with Gasteiger partial charge in [0, 0.05) is 57.7 Å². The van der Waals surface area contributed by atoms with Gasteiger partial charge in [0.25, 0.3) is 0 Å². The van der Waals surface area contributed by atoms with Crippen LogP contribution in [-0.4, -0.2) is 50.1 Å². The molecule has 0 atom stereocenters. The van der Waals surface area contributed by atoms with E-state index in [1.54, 1.807) is 0 Å². The summed E-state index contributed by atoms with van der Waals surface area (Å²) < 4.78 is 14.2. The Labute approximate surface area is 159 Å². The van der Waals surface area contributed by atoms with Gasteiger partial charge in [0.1, 0.15) is 5.83 Å². The Balaban J connectivity index is 1.69. The van der Waals surface area contributed by atoms with E-state index in [2.05, 4.69) is 44.1 Å². The lowest BCUT2D eigenvalue weighted by atomic mass is 10.0. The van der Waals surface area contributed by atoms with Crippen molar-refractivity contribution < 1.29 is 4.39 Å². The highest BCUT2D eigenvalue weighted by Crippen LogP contribution is 2.29. The fraction of sp³-hybridized carbons (Fsp3) is 0.350. The average Bonchev–Trinajstić information content (AvgIpc) is 2.68. The molecule has 1 saturated heterocycles. The molecule has 27 heavy (non-hydrogen) atoms. The fourth-order valence-electron chi connectivity index (χ4n) is 3.23. The molecule has 0 bridgehead atoms. The van der Waals surface area contributed by atoms with E-state index in [1.807, 2.05) is 18.5 Å². The van der Waals surface area contributed by atoms with Gasteiger partial charge in [-0.3, -0.25) is 15.0 Å². The van der Waals surface area contributed by atoms with Crippen LogP contribution in [-0.2, 0) is 0 Å². The molecule has 0 radical (unpaired) electrons. The van der Waals surface area contributed by atoms with Crippen LogP contribution in [0.2, 0.25) is 0 Å². The van der Waals surface area contributed by atoms with Crippen LogP contribution >= 0.6 is 0 Å². The first kappa shape index (κ1) is 19.0. The maximum atomic E-state index is 14.2. The van der Waals surface area contributed by atoms with E-state index in [4.69, 9.17) is 0 Å². The van der Waals surface area contributed by atoms with Crippen LogP contribution in [0, 0.1) is 6.92 Å². The second kappa shape index (κ2) is 9.23. The Hall–Kier alpha value is -2.80. The molecular formula is C20H25FN6. The maximum Gasteiger partial charge on any atom is 0.145 e. The van der Waals surface area contributed by atoms with Gasteiger partial charge in [-0.05, 0) is 30.9 Å². The summed E-state index contributed by atoms with van der Waals surface area (Å²) in [5.74, 6) is -0.312. The van der Waals surface area contributed by atoms with Gasteiger partial charge in [0.05, 0.1) is 23.3 Å². The molecule has 1 aliphatic heterocycles. The van der Waals surface area contributed by atoms with Crippen LogP contribution in [0.5, 0.6) is 0 Å². The van der Waals surface area contributed by atoms with Crippen molar-refractivity contribution in [2.24, 2.45) is 9.98 Å². The Morgan fingerprint density at radius 3 is 2.89 bits per heavy atom. The van der Waals surface area contributed by atoms with Crippen molar-refractivity contribution in [2.75, 3.05) is 42.9 Å². The number of hydrogen-bond acceptors (Lipinski definition) is 6. The second-order valence-corrected chi connectivity index (χ2v) is 6.48. The molecule has 0 saturated carbocycles. The molecule has 1 aromatic heterocycles. The van der Waals surface area contributed by atoms with E-state index in [-0.39, 0.29) is 5.83 Å². The summed E-state index contributed by atoms with van der Waals surface area (Å²) in [7, 11) is 0. The molecule has 2 aliphatic rings. The Morgan fingerprint density at radius 2 is 2.15 bits per heavy atom. The molecule has 1 aromatic rings. The van der Waals surface area contributed by atoms with Crippen molar-refractivity contribution in [1.82, 2.24) is 10.3 Å². The summed E-state index contributed by atoms with van der Waals surface area (Å²) in [6, 6.07) is 0. The molecule has 1 aliphatic carbocycles. The van der Waals surface area contributed by atoms with E-state index in [0.29, 0.717) is 18.7 Å². The number of aryl methyl sites for hydroxylation is 1.